The van der Waals surface area contributed by atoms with E-state index in [4.69, 9.17) is 0 Å². The van der Waals surface area contributed by atoms with Gasteiger partial charge in [0.05, 0.1) is 11.1 Å². The molecule has 34 heavy (non-hydrogen) atoms. The summed E-state index contributed by atoms with van der Waals surface area (Å²) < 4.78 is 0. The Bertz CT molecular complexity index is 896. The van der Waals surface area contributed by atoms with Gasteiger partial charge in [-0.25, -0.2) is 20.4 Å². The third-order valence-electron chi connectivity index (χ3n) is 5.42. The van der Waals surface area contributed by atoms with Gasteiger partial charge in [0.1, 0.15) is 0 Å². The number of hydrazine groups is 2. The van der Waals surface area contributed by atoms with Crippen LogP contribution >= 0.6 is 0 Å². The summed E-state index contributed by atoms with van der Waals surface area (Å²) >= 11 is 0. The van der Waals surface area contributed by atoms with E-state index in [1.165, 1.54) is 12.4 Å². The maximum Gasteiger partial charge on any atom is 0.333 e. The van der Waals surface area contributed by atoms with E-state index in [-0.39, 0.29) is 11.8 Å². The second-order valence-corrected chi connectivity index (χ2v) is 7.96. The average Bonchev–Trinajstić information content (AvgIpc) is 2.89. The highest BCUT2D eigenvalue weighted by Crippen LogP contribution is 2.28. The van der Waals surface area contributed by atoms with Crippen LogP contribution in [0.4, 0.5) is 9.59 Å². The fourth-order valence-corrected chi connectivity index (χ4v) is 3.70. The fraction of sp³-hybridized carbons (Fsp3) is 0.364. The van der Waals surface area contributed by atoms with Crippen molar-refractivity contribution in [2.24, 2.45) is 11.8 Å². The Kier molecular flexibility index (Phi) is 9.14. The third-order valence-corrected chi connectivity index (χ3v) is 5.42. The van der Waals surface area contributed by atoms with Crippen LogP contribution in [0.2, 0.25) is 0 Å². The summed E-state index contributed by atoms with van der Waals surface area (Å²) in [5.41, 5.74) is 9.99. The summed E-state index contributed by atoms with van der Waals surface area (Å²) in [5, 5.41) is 5.52. The Balaban J connectivity index is 1.30. The second-order valence-electron chi connectivity index (χ2n) is 7.96. The molecule has 1 aliphatic carbocycles. The van der Waals surface area contributed by atoms with Crippen molar-refractivity contribution < 1.29 is 19.2 Å². The highest BCUT2D eigenvalue weighted by atomic mass is 16.2. The summed E-state index contributed by atoms with van der Waals surface area (Å²) in [6, 6.07) is 5.44. The third kappa shape index (κ3) is 8.04. The molecule has 1 aliphatic rings. The fourth-order valence-electron chi connectivity index (χ4n) is 3.70. The van der Waals surface area contributed by atoms with Crippen LogP contribution in [0, 0.1) is 11.8 Å². The van der Waals surface area contributed by atoms with Gasteiger partial charge in [0.2, 0.25) is 0 Å². The Morgan fingerprint density at radius 3 is 1.62 bits per heavy atom. The molecule has 180 valence electrons. The van der Waals surface area contributed by atoms with Gasteiger partial charge >= 0.3 is 12.1 Å². The van der Waals surface area contributed by atoms with Crippen molar-refractivity contribution in [3.8, 4) is 0 Å². The standard InChI is InChI=1S/C22H28N8O4/c31-19(17-6-2-8-23-13-17)27-29-21(33)25-11-15-4-1-5-16(10-15)12-26-22(34)30-28-20(32)18-7-3-9-24-14-18/h2-3,6-9,13-16H,1,4-5,10-12H2,(H,27,31)(H,28,32)(H2,25,29,33)(H2,26,30,34). The first-order chi connectivity index (χ1) is 16.5. The molecule has 6 N–H and O–H groups in total. The minimum atomic E-state index is -0.499. The van der Waals surface area contributed by atoms with Gasteiger partial charge in [-0.2, -0.15) is 0 Å². The molecule has 3 rings (SSSR count). The van der Waals surface area contributed by atoms with Gasteiger partial charge in [-0.1, -0.05) is 6.42 Å². The van der Waals surface area contributed by atoms with Gasteiger partial charge < -0.3 is 10.6 Å². The molecule has 0 saturated heterocycles. The SMILES string of the molecule is O=C(NCC1CCCC(CNC(=O)NNC(=O)c2cccnc2)C1)NNC(=O)c1cccnc1. The van der Waals surface area contributed by atoms with Crippen LogP contribution in [-0.2, 0) is 0 Å². The first kappa shape index (κ1) is 24.4. The van der Waals surface area contributed by atoms with Crippen molar-refractivity contribution in [2.45, 2.75) is 25.7 Å². The number of nitrogens with one attached hydrogen (secondary N) is 6. The molecule has 2 unspecified atom stereocenters. The van der Waals surface area contributed by atoms with E-state index in [0.29, 0.717) is 24.2 Å². The summed E-state index contributed by atoms with van der Waals surface area (Å²) in [5.74, 6) is -0.397. The first-order valence-corrected chi connectivity index (χ1v) is 11.0. The predicted molar refractivity (Wildman–Crippen MR) is 122 cm³/mol. The second kappa shape index (κ2) is 12.7. The first-order valence-electron chi connectivity index (χ1n) is 11.0. The maximum atomic E-state index is 12.0. The highest BCUT2D eigenvalue weighted by Gasteiger charge is 2.23. The molecule has 0 radical (unpaired) electrons. The van der Waals surface area contributed by atoms with Crippen molar-refractivity contribution in [2.75, 3.05) is 13.1 Å². The van der Waals surface area contributed by atoms with Gasteiger partial charge in [-0.15, -0.1) is 0 Å². The Morgan fingerprint density at radius 2 is 1.21 bits per heavy atom. The normalized spacial score (nSPS) is 17.1. The van der Waals surface area contributed by atoms with E-state index in [1.807, 2.05) is 0 Å². The molecular weight excluding hydrogens is 440 g/mol. The lowest BCUT2D eigenvalue weighted by molar-refractivity contribution is 0.0929. The zero-order chi connectivity index (χ0) is 24.2. The molecule has 2 heterocycles. The molecule has 12 nitrogen and oxygen atoms in total. The molecule has 0 spiro atoms. The van der Waals surface area contributed by atoms with E-state index >= 15 is 0 Å². The van der Waals surface area contributed by atoms with E-state index < -0.39 is 23.9 Å². The quantitative estimate of drug-likeness (QED) is 0.344. The number of hydrogen-bond donors (Lipinski definition) is 6. The van der Waals surface area contributed by atoms with E-state index in [9.17, 15) is 19.2 Å². The zero-order valence-corrected chi connectivity index (χ0v) is 18.5. The summed E-state index contributed by atoms with van der Waals surface area (Å²) in [6.45, 7) is 0.914. The smallest absolute Gasteiger partial charge is 0.333 e. The van der Waals surface area contributed by atoms with Crippen molar-refractivity contribution in [1.29, 1.82) is 0 Å². The van der Waals surface area contributed by atoms with E-state index in [2.05, 4.69) is 42.3 Å². The van der Waals surface area contributed by atoms with Crippen LogP contribution < -0.4 is 32.3 Å². The van der Waals surface area contributed by atoms with Crippen LogP contribution in [0.3, 0.4) is 0 Å². The van der Waals surface area contributed by atoms with Crippen molar-refractivity contribution in [1.82, 2.24) is 42.3 Å². The molecular formula is C22H28N8O4. The molecule has 1 saturated carbocycles. The lowest BCUT2D eigenvalue weighted by Crippen LogP contribution is -2.49. The molecule has 6 amide bonds. The number of rotatable bonds is 6. The van der Waals surface area contributed by atoms with E-state index in [1.54, 1.807) is 36.7 Å². The number of amides is 6. The van der Waals surface area contributed by atoms with Crippen LogP contribution in [0.1, 0.15) is 46.4 Å². The maximum absolute atomic E-state index is 12.0. The minimum absolute atomic E-state index is 0.258. The monoisotopic (exact) mass is 468 g/mol. The summed E-state index contributed by atoms with van der Waals surface area (Å²) in [6.07, 6.45) is 9.66. The molecule has 1 fully saturated rings. The number of pyridine rings is 2. The lowest BCUT2D eigenvalue weighted by atomic mass is 9.81. The van der Waals surface area contributed by atoms with Crippen molar-refractivity contribution >= 4 is 23.9 Å². The topological polar surface area (TPSA) is 166 Å². The summed E-state index contributed by atoms with van der Waals surface area (Å²) in [4.78, 5) is 55.5. The number of urea groups is 2. The Hall–Kier alpha value is -4.22. The molecule has 0 bridgehead atoms. The molecule has 2 aromatic rings. The van der Waals surface area contributed by atoms with Crippen LogP contribution in [0.15, 0.2) is 49.1 Å². The van der Waals surface area contributed by atoms with Crippen LogP contribution in [-0.4, -0.2) is 46.9 Å². The Labute approximate surface area is 196 Å². The van der Waals surface area contributed by atoms with Crippen molar-refractivity contribution in [3.63, 3.8) is 0 Å². The van der Waals surface area contributed by atoms with Gasteiger partial charge in [0.15, 0.2) is 0 Å². The van der Waals surface area contributed by atoms with Gasteiger partial charge in [-0.3, -0.25) is 30.4 Å². The zero-order valence-electron chi connectivity index (χ0n) is 18.5. The number of carbonyl (C=O) groups is 4. The molecule has 2 atom stereocenters. The number of nitrogens with zero attached hydrogens (tertiary/aromatic N) is 2. The average molecular weight is 469 g/mol. The van der Waals surface area contributed by atoms with Gasteiger partial charge in [0, 0.05) is 37.9 Å². The molecule has 0 aliphatic heterocycles. The number of carbonyl (C=O) groups excluding carboxylic acids is 4. The number of hydrogen-bond acceptors (Lipinski definition) is 6. The summed E-state index contributed by atoms with van der Waals surface area (Å²) in [7, 11) is 0. The van der Waals surface area contributed by atoms with Crippen LogP contribution in [0.5, 0.6) is 0 Å². The lowest BCUT2D eigenvalue weighted by Gasteiger charge is -2.29. The van der Waals surface area contributed by atoms with Gasteiger partial charge in [-0.05, 0) is 55.4 Å². The Morgan fingerprint density at radius 1 is 0.735 bits per heavy atom. The predicted octanol–water partition coefficient (Wildman–Crippen LogP) is 0.871. The molecule has 0 aromatic carbocycles. The molecule has 12 heteroatoms. The van der Waals surface area contributed by atoms with Crippen molar-refractivity contribution in [3.05, 3.63) is 60.2 Å². The largest absolute Gasteiger partial charge is 0.336 e. The minimum Gasteiger partial charge on any atom is -0.336 e. The van der Waals surface area contributed by atoms with Crippen LogP contribution in [0.25, 0.3) is 0 Å². The van der Waals surface area contributed by atoms with E-state index in [0.717, 1.165) is 25.7 Å². The van der Waals surface area contributed by atoms with Gasteiger partial charge in [0.25, 0.3) is 11.8 Å². The number of aromatic nitrogens is 2. The molecule has 2 aromatic heterocycles. The highest BCUT2D eigenvalue weighted by molar-refractivity contribution is 5.95.